The van der Waals surface area contributed by atoms with Crippen molar-refractivity contribution in [1.82, 2.24) is 20.1 Å². The van der Waals surface area contributed by atoms with E-state index in [0.29, 0.717) is 6.07 Å². The molecule has 2 N–H and O–H groups in total. The number of amides is 1. The molecule has 1 unspecified atom stereocenters. The van der Waals surface area contributed by atoms with Crippen LogP contribution in [0.1, 0.15) is 28.4 Å². The fourth-order valence-electron chi connectivity index (χ4n) is 3.07. The van der Waals surface area contributed by atoms with Gasteiger partial charge in [-0.3, -0.25) is 4.79 Å². The van der Waals surface area contributed by atoms with E-state index < -0.39 is 40.9 Å². The van der Waals surface area contributed by atoms with Crippen LogP contribution in [0.5, 0.6) is 0 Å². The Kier molecular flexibility index (Phi) is 6.07. The largest absolute Gasteiger partial charge is 0.416 e. The maximum absolute atomic E-state index is 14.5. The molecule has 0 aliphatic heterocycles. The van der Waals surface area contributed by atoms with Crippen molar-refractivity contribution in [2.45, 2.75) is 31.3 Å². The van der Waals surface area contributed by atoms with Crippen LogP contribution >= 0.6 is 0 Å². The Morgan fingerprint density at radius 2 is 1.84 bits per heavy atom. The Morgan fingerprint density at radius 3 is 2.39 bits per heavy atom. The number of alkyl halides is 3. The molecule has 1 heterocycles. The monoisotopic (exact) mass is 440 g/mol. The average Bonchev–Trinajstić information content (AvgIpc) is 3.19. The highest BCUT2D eigenvalue weighted by atomic mass is 19.4. The Balaban J connectivity index is 1.89. The van der Waals surface area contributed by atoms with Gasteiger partial charge in [0, 0.05) is 17.2 Å². The lowest BCUT2D eigenvalue weighted by atomic mass is 9.86. The number of halogens is 5. The molecule has 0 spiro atoms. The number of aromatic nitrogens is 3. The van der Waals surface area contributed by atoms with Crippen LogP contribution in [-0.2, 0) is 18.3 Å². The topological polar surface area (TPSA) is 80.0 Å². The second-order valence-corrected chi connectivity index (χ2v) is 6.91. The van der Waals surface area contributed by atoms with Gasteiger partial charge in [-0.05, 0) is 37.3 Å². The number of carbonyl (C=O) groups is 1. The molecule has 0 aliphatic carbocycles. The lowest BCUT2D eigenvalue weighted by Crippen LogP contribution is -2.51. The van der Waals surface area contributed by atoms with Crippen LogP contribution in [-0.4, -0.2) is 31.8 Å². The molecule has 0 saturated heterocycles. The summed E-state index contributed by atoms with van der Waals surface area (Å²) in [6, 6.07) is 4.90. The summed E-state index contributed by atoms with van der Waals surface area (Å²) in [4.78, 5) is 16.3. The quantitative estimate of drug-likeness (QED) is 0.577. The van der Waals surface area contributed by atoms with Crippen LogP contribution in [0.3, 0.4) is 0 Å². The molecule has 3 aromatic rings. The average molecular weight is 440 g/mol. The van der Waals surface area contributed by atoms with Gasteiger partial charge in [-0.15, -0.1) is 0 Å². The first-order chi connectivity index (χ1) is 14.5. The summed E-state index contributed by atoms with van der Waals surface area (Å²) in [6.07, 6.45) is -2.11. The molecule has 2 aromatic carbocycles. The van der Waals surface area contributed by atoms with Gasteiger partial charge in [-0.1, -0.05) is 6.07 Å². The highest BCUT2D eigenvalue weighted by Crippen LogP contribution is 2.31. The zero-order chi connectivity index (χ0) is 22.8. The number of benzene rings is 2. The van der Waals surface area contributed by atoms with Gasteiger partial charge in [0.1, 0.15) is 29.9 Å². The molecular formula is C20H17F5N4O2. The first-order valence-corrected chi connectivity index (χ1v) is 8.99. The second kappa shape index (κ2) is 8.42. The van der Waals surface area contributed by atoms with Gasteiger partial charge in [0.25, 0.3) is 5.91 Å². The third-order valence-corrected chi connectivity index (χ3v) is 4.81. The minimum Gasteiger partial charge on any atom is -0.381 e. The van der Waals surface area contributed by atoms with Gasteiger partial charge >= 0.3 is 6.18 Å². The minimum atomic E-state index is -4.56. The highest BCUT2D eigenvalue weighted by Gasteiger charge is 2.40. The summed E-state index contributed by atoms with van der Waals surface area (Å²) in [6.45, 7) is 1.03. The van der Waals surface area contributed by atoms with Crippen molar-refractivity contribution < 1.29 is 31.9 Å². The number of carbonyl (C=O) groups excluding carboxylic acids is 1. The summed E-state index contributed by atoms with van der Waals surface area (Å²) in [5.41, 5.74) is -3.41. The zero-order valence-electron chi connectivity index (χ0n) is 16.1. The Morgan fingerprint density at radius 1 is 1.16 bits per heavy atom. The van der Waals surface area contributed by atoms with E-state index in [-0.39, 0.29) is 17.7 Å². The van der Waals surface area contributed by atoms with Crippen LogP contribution < -0.4 is 5.32 Å². The Hall–Kier alpha value is -3.34. The number of nitrogens with one attached hydrogen (secondary N) is 1. The molecule has 0 radical (unpaired) electrons. The standard InChI is InChI=1S/C20H17F5N4O2/c1-12(28-18(30)13-2-4-14(5-3-13)20(23,24)25)19(31,9-29-11-26-10-27-29)16-7-6-15(21)8-17(16)22/h2-8,10-12,31H,9H2,1H3,(H,28,30)/t12-,19?/m1/s1. The third kappa shape index (κ3) is 4.88. The van der Waals surface area contributed by atoms with Crippen LogP contribution in [0.4, 0.5) is 22.0 Å². The van der Waals surface area contributed by atoms with E-state index in [0.717, 1.165) is 36.4 Å². The van der Waals surface area contributed by atoms with Crippen molar-refractivity contribution in [2.24, 2.45) is 0 Å². The SMILES string of the molecule is C[C@@H](NC(=O)c1ccc(C(F)(F)F)cc1)C(O)(Cn1cncn1)c1ccc(F)cc1F. The lowest BCUT2D eigenvalue weighted by molar-refractivity contribution is -0.137. The number of nitrogens with zero attached hydrogens (tertiary/aromatic N) is 3. The molecule has 0 bridgehead atoms. The molecule has 1 amide bonds. The maximum atomic E-state index is 14.5. The van der Waals surface area contributed by atoms with E-state index in [2.05, 4.69) is 15.4 Å². The van der Waals surface area contributed by atoms with E-state index >= 15 is 0 Å². The highest BCUT2D eigenvalue weighted by molar-refractivity contribution is 5.94. The number of hydrogen-bond donors (Lipinski definition) is 2. The zero-order valence-corrected chi connectivity index (χ0v) is 16.1. The summed E-state index contributed by atoms with van der Waals surface area (Å²) in [5, 5.41) is 17.6. The van der Waals surface area contributed by atoms with Crippen LogP contribution in [0.15, 0.2) is 55.1 Å². The predicted molar refractivity (Wildman–Crippen MR) is 98.6 cm³/mol. The predicted octanol–water partition coefficient (Wildman–Crippen LogP) is 3.28. The lowest BCUT2D eigenvalue weighted by Gasteiger charge is -2.35. The maximum Gasteiger partial charge on any atom is 0.416 e. The summed E-state index contributed by atoms with van der Waals surface area (Å²) in [5.74, 6) is -2.69. The van der Waals surface area contributed by atoms with Gasteiger partial charge < -0.3 is 10.4 Å². The third-order valence-electron chi connectivity index (χ3n) is 4.81. The minimum absolute atomic E-state index is 0.0949. The number of hydrogen-bond acceptors (Lipinski definition) is 4. The molecule has 3 rings (SSSR count). The molecule has 0 fully saturated rings. The summed E-state index contributed by atoms with van der Waals surface area (Å²) < 4.78 is 67.2. The van der Waals surface area contributed by atoms with Crippen molar-refractivity contribution in [1.29, 1.82) is 0 Å². The van der Waals surface area contributed by atoms with E-state index in [1.165, 1.54) is 24.3 Å². The van der Waals surface area contributed by atoms with Gasteiger partial charge in [0.2, 0.25) is 0 Å². The van der Waals surface area contributed by atoms with Gasteiger partial charge in [-0.2, -0.15) is 18.3 Å². The van der Waals surface area contributed by atoms with E-state index in [9.17, 15) is 31.9 Å². The summed E-state index contributed by atoms with van der Waals surface area (Å²) >= 11 is 0. The van der Waals surface area contributed by atoms with Crippen molar-refractivity contribution >= 4 is 5.91 Å². The smallest absolute Gasteiger partial charge is 0.381 e. The van der Waals surface area contributed by atoms with Crippen molar-refractivity contribution in [2.75, 3.05) is 0 Å². The summed E-state index contributed by atoms with van der Waals surface area (Å²) in [7, 11) is 0. The fraction of sp³-hybridized carbons (Fsp3) is 0.250. The molecule has 0 saturated carbocycles. The Bertz CT molecular complexity index is 1050. The van der Waals surface area contributed by atoms with Crippen molar-refractivity contribution in [3.63, 3.8) is 0 Å². The van der Waals surface area contributed by atoms with E-state index in [1.807, 2.05) is 0 Å². The molecule has 164 valence electrons. The molecule has 31 heavy (non-hydrogen) atoms. The Labute approximate surface area is 173 Å². The van der Waals surface area contributed by atoms with Crippen molar-refractivity contribution in [3.05, 3.63) is 83.4 Å². The van der Waals surface area contributed by atoms with Gasteiger partial charge in [-0.25, -0.2) is 18.4 Å². The number of rotatable bonds is 6. The molecule has 11 heteroatoms. The fourth-order valence-corrected chi connectivity index (χ4v) is 3.07. The molecule has 0 aliphatic rings. The molecule has 6 nitrogen and oxygen atoms in total. The second-order valence-electron chi connectivity index (χ2n) is 6.91. The van der Waals surface area contributed by atoms with Crippen molar-refractivity contribution in [3.8, 4) is 0 Å². The molecule has 1 aromatic heterocycles. The molecular weight excluding hydrogens is 423 g/mol. The van der Waals surface area contributed by atoms with Crippen LogP contribution in [0.25, 0.3) is 0 Å². The van der Waals surface area contributed by atoms with E-state index in [4.69, 9.17) is 0 Å². The number of aliphatic hydroxyl groups is 1. The van der Waals surface area contributed by atoms with E-state index in [1.54, 1.807) is 0 Å². The normalized spacial score (nSPS) is 14.7. The van der Waals surface area contributed by atoms with Crippen LogP contribution in [0.2, 0.25) is 0 Å². The molecule has 2 atom stereocenters. The first-order valence-electron chi connectivity index (χ1n) is 8.99. The van der Waals surface area contributed by atoms with Gasteiger partial charge in [0.15, 0.2) is 0 Å². The first kappa shape index (κ1) is 22.3. The van der Waals surface area contributed by atoms with Gasteiger partial charge in [0.05, 0.1) is 18.2 Å². The van der Waals surface area contributed by atoms with Crippen LogP contribution in [0, 0.1) is 11.6 Å².